The van der Waals surface area contributed by atoms with Crippen LogP contribution < -0.4 is 4.74 Å². The quantitative estimate of drug-likeness (QED) is 0.859. The van der Waals surface area contributed by atoms with Crippen LogP contribution in [0.5, 0.6) is 5.88 Å². The van der Waals surface area contributed by atoms with Gasteiger partial charge in [-0.2, -0.15) is 0 Å². The zero-order chi connectivity index (χ0) is 12.3. The summed E-state index contributed by atoms with van der Waals surface area (Å²) in [6, 6.07) is 5.83. The number of methoxy groups -OCH3 is 1. The second-order valence-corrected chi connectivity index (χ2v) is 4.74. The van der Waals surface area contributed by atoms with Crippen molar-refractivity contribution in [2.24, 2.45) is 5.92 Å². The Balaban J connectivity index is 1.96. The molecule has 2 rings (SSSR count). The van der Waals surface area contributed by atoms with Gasteiger partial charge >= 0.3 is 0 Å². The number of hydrogen-bond acceptors (Lipinski definition) is 4. The molecule has 2 atom stereocenters. The monoisotopic (exact) mass is 236 g/mol. The Hall–Kier alpha value is -1.13. The highest BCUT2D eigenvalue weighted by atomic mass is 16.5. The van der Waals surface area contributed by atoms with Gasteiger partial charge in [0.25, 0.3) is 0 Å². The lowest BCUT2D eigenvalue weighted by molar-refractivity contribution is 0.0315. The van der Waals surface area contributed by atoms with E-state index < -0.39 is 0 Å². The van der Waals surface area contributed by atoms with Crippen LogP contribution in [0, 0.1) is 5.92 Å². The zero-order valence-electron chi connectivity index (χ0n) is 10.5. The fourth-order valence-corrected chi connectivity index (χ4v) is 2.25. The molecule has 1 aliphatic heterocycles. The summed E-state index contributed by atoms with van der Waals surface area (Å²) in [5.41, 5.74) is 1.02. The van der Waals surface area contributed by atoms with E-state index in [9.17, 15) is 5.11 Å². The highest BCUT2D eigenvalue weighted by Gasteiger charge is 2.24. The molecule has 94 valence electrons. The molecule has 4 heteroatoms. The topological polar surface area (TPSA) is 45.6 Å². The van der Waals surface area contributed by atoms with Crippen LogP contribution in [0.2, 0.25) is 0 Å². The number of piperidine rings is 1. The average molecular weight is 236 g/mol. The molecular formula is C13H20N2O2. The van der Waals surface area contributed by atoms with Crippen molar-refractivity contribution in [1.82, 2.24) is 9.88 Å². The first-order valence-corrected chi connectivity index (χ1v) is 6.09. The molecule has 0 saturated carbocycles. The first-order chi connectivity index (χ1) is 8.19. The molecule has 0 bridgehead atoms. The number of aliphatic hydroxyl groups is 1. The van der Waals surface area contributed by atoms with Gasteiger partial charge in [0.05, 0.1) is 18.9 Å². The number of nitrogens with zero attached hydrogens (tertiary/aromatic N) is 2. The summed E-state index contributed by atoms with van der Waals surface area (Å²) in [7, 11) is 1.63. The molecule has 0 aromatic carbocycles. The lowest BCUT2D eigenvalue weighted by Crippen LogP contribution is -2.41. The van der Waals surface area contributed by atoms with Crippen molar-refractivity contribution in [3.63, 3.8) is 0 Å². The standard InChI is InChI=1S/C13H20N2O2/c1-10-8-15(7-6-12(10)16)9-11-4-3-5-13(14-11)17-2/h3-5,10,12,16H,6-9H2,1-2H3. The Kier molecular flexibility index (Phi) is 3.97. The average Bonchev–Trinajstić information content (AvgIpc) is 2.34. The van der Waals surface area contributed by atoms with Gasteiger partial charge < -0.3 is 9.84 Å². The first kappa shape index (κ1) is 12.3. The molecule has 1 saturated heterocycles. The smallest absolute Gasteiger partial charge is 0.213 e. The number of pyridine rings is 1. The van der Waals surface area contributed by atoms with Crippen molar-refractivity contribution in [3.05, 3.63) is 23.9 Å². The van der Waals surface area contributed by atoms with Gasteiger partial charge in [-0.25, -0.2) is 4.98 Å². The van der Waals surface area contributed by atoms with E-state index in [1.807, 2.05) is 18.2 Å². The Morgan fingerprint density at radius 2 is 2.35 bits per heavy atom. The largest absolute Gasteiger partial charge is 0.481 e. The Morgan fingerprint density at radius 1 is 1.53 bits per heavy atom. The van der Waals surface area contributed by atoms with E-state index in [2.05, 4.69) is 16.8 Å². The van der Waals surface area contributed by atoms with Crippen LogP contribution in [0.1, 0.15) is 19.0 Å². The van der Waals surface area contributed by atoms with Crippen molar-refractivity contribution in [3.8, 4) is 5.88 Å². The third-order valence-corrected chi connectivity index (χ3v) is 3.32. The van der Waals surface area contributed by atoms with E-state index in [0.29, 0.717) is 11.8 Å². The highest BCUT2D eigenvalue weighted by molar-refractivity contribution is 5.15. The Morgan fingerprint density at radius 3 is 3.06 bits per heavy atom. The van der Waals surface area contributed by atoms with E-state index in [4.69, 9.17) is 4.74 Å². The lowest BCUT2D eigenvalue weighted by Gasteiger charge is -2.34. The molecular weight excluding hydrogens is 216 g/mol. The molecule has 0 aliphatic carbocycles. The molecule has 4 nitrogen and oxygen atoms in total. The minimum Gasteiger partial charge on any atom is -0.481 e. The number of hydrogen-bond donors (Lipinski definition) is 1. The molecule has 0 spiro atoms. The summed E-state index contributed by atoms with van der Waals surface area (Å²) < 4.78 is 5.11. The van der Waals surface area contributed by atoms with Gasteiger partial charge in [0.1, 0.15) is 0 Å². The van der Waals surface area contributed by atoms with Gasteiger partial charge in [-0.05, 0) is 18.4 Å². The van der Waals surface area contributed by atoms with E-state index in [1.54, 1.807) is 7.11 Å². The second-order valence-electron chi connectivity index (χ2n) is 4.74. The van der Waals surface area contributed by atoms with Crippen molar-refractivity contribution >= 4 is 0 Å². The van der Waals surface area contributed by atoms with Crippen molar-refractivity contribution in [2.45, 2.75) is 26.0 Å². The normalized spacial score (nSPS) is 25.8. The van der Waals surface area contributed by atoms with Crippen LogP contribution in [-0.2, 0) is 6.54 Å². The molecule has 2 heterocycles. The van der Waals surface area contributed by atoms with Crippen LogP contribution in [0.15, 0.2) is 18.2 Å². The molecule has 1 aromatic heterocycles. The number of rotatable bonds is 3. The Labute approximate surface area is 102 Å². The van der Waals surface area contributed by atoms with Gasteiger partial charge in [-0.3, -0.25) is 4.90 Å². The SMILES string of the molecule is COc1cccc(CN2CCC(O)C(C)C2)n1. The summed E-state index contributed by atoms with van der Waals surface area (Å²) in [5.74, 6) is 1.00. The molecule has 1 aromatic rings. The molecule has 17 heavy (non-hydrogen) atoms. The minimum atomic E-state index is -0.149. The molecule has 1 N–H and O–H groups in total. The first-order valence-electron chi connectivity index (χ1n) is 6.09. The fourth-order valence-electron chi connectivity index (χ4n) is 2.25. The summed E-state index contributed by atoms with van der Waals surface area (Å²) >= 11 is 0. The van der Waals surface area contributed by atoms with E-state index in [1.165, 1.54) is 0 Å². The van der Waals surface area contributed by atoms with Crippen LogP contribution in [0.25, 0.3) is 0 Å². The molecule has 2 unspecified atom stereocenters. The van der Waals surface area contributed by atoms with E-state index >= 15 is 0 Å². The maximum absolute atomic E-state index is 9.68. The fraction of sp³-hybridized carbons (Fsp3) is 0.615. The third-order valence-electron chi connectivity index (χ3n) is 3.32. The third kappa shape index (κ3) is 3.17. The number of likely N-dealkylation sites (tertiary alicyclic amines) is 1. The predicted octanol–water partition coefficient (Wildman–Crippen LogP) is 1.29. The van der Waals surface area contributed by atoms with Crippen LogP contribution >= 0.6 is 0 Å². The maximum atomic E-state index is 9.68. The second kappa shape index (κ2) is 5.47. The predicted molar refractivity (Wildman–Crippen MR) is 65.9 cm³/mol. The van der Waals surface area contributed by atoms with Crippen LogP contribution in [-0.4, -0.2) is 41.3 Å². The van der Waals surface area contributed by atoms with Crippen molar-refractivity contribution in [2.75, 3.05) is 20.2 Å². The van der Waals surface area contributed by atoms with Crippen molar-refractivity contribution < 1.29 is 9.84 Å². The van der Waals surface area contributed by atoms with Crippen molar-refractivity contribution in [1.29, 1.82) is 0 Å². The molecule has 1 aliphatic rings. The maximum Gasteiger partial charge on any atom is 0.213 e. The number of ether oxygens (including phenoxy) is 1. The number of aromatic nitrogens is 1. The summed E-state index contributed by atoms with van der Waals surface area (Å²) in [5, 5.41) is 9.68. The summed E-state index contributed by atoms with van der Waals surface area (Å²) in [4.78, 5) is 6.74. The zero-order valence-corrected chi connectivity index (χ0v) is 10.5. The van der Waals surface area contributed by atoms with Gasteiger partial charge in [0, 0.05) is 25.7 Å². The molecule has 0 radical (unpaired) electrons. The molecule has 1 fully saturated rings. The van der Waals surface area contributed by atoms with Gasteiger partial charge in [-0.1, -0.05) is 13.0 Å². The van der Waals surface area contributed by atoms with Gasteiger partial charge in [-0.15, -0.1) is 0 Å². The van der Waals surface area contributed by atoms with Crippen LogP contribution in [0.3, 0.4) is 0 Å². The van der Waals surface area contributed by atoms with Gasteiger partial charge in [0.2, 0.25) is 5.88 Å². The molecule has 0 amide bonds. The number of aliphatic hydroxyl groups excluding tert-OH is 1. The highest BCUT2D eigenvalue weighted by Crippen LogP contribution is 2.18. The Bertz CT molecular complexity index is 370. The van der Waals surface area contributed by atoms with Gasteiger partial charge in [0.15, 0.2) is 0 Å². The van der Waals surface area contributed by atoms with Crippen LogP contribution in [0.4, 0.5) is 0 Å². The summed E-state index contributed by atoms with van der Waals surface area (Å²) in [6.45, 7) is 4.79. The lowest BCUT2D eigenvalue weighted by atomic mass is 9.97. The van der Waals surface area contributed by atoms with E-state index in [-0.39, 0.29) is 6.10 Å². The summed E-state index contributed by atoms with van der Waals surface area (Å²) in [6.07, 6.45) is 0.704. The van der Waals surface area contributed by atoms with E-state index in [0.717, 1.165) is 31.7 Å². The minimum absolute atomic E-state index is 0.149.